The van der Waals surface area contributed by atoms with Crippen molar-refractivity contribution in [1.82, 2.24) is 5.32 Å². The molecule has 5 heteroatoms. The lowest BCUT2D eigenvalue weighted by molar-refractivity contribution is 0.0169. The van der Waals surface area contributed by atoms with Gasteiger partial charge in [0.2, 0.25) is 0 Å². The first-order valence-electron chi connectivity index (χ1n) is 6.01. The van der Waals surface area contributed by atoms with Gasteiger partial charge in [-0.05, 0) is 60.1 Å². The molecule has 98 valence electrons. The fourth-order valence-electron chi connectivity index (χ4n) is 1.91. The van der Waals surface area contributed by atoms with Gasteiger partial charge in [0.15, 0.2) is 0 Å². The summed E-state index contributed by atoms with van der Waals surface area (Å²) < 4.78 is 6.51. The minimum Gasteiger partial charge on any atom is -0.376 e. The Balaban J connectivity index is 1.88. The molecule has 0 aromatic heterocycles. The maximum Gasteiger partial charge on any atom is 0.251 e. The molecular weight excluding hydrogens is 365 g/mol. The molecular formula is C13H15ClINO2. The van der Waals surface area contributed by atoms with Gasteiger partial charge in [-0.1, -0.05) is 11.6 Å². The van der Waals surface area contributed by atoms with E-state index in [4.69, 9.17) is 16.3 Å². The van der Waals surface area contributed by atoms with E-state index in [1.54, 1.807) is 12.1 Å². The molecule has 1 aromatic carbocycles. The van der Waals surface area contributed by atoms with Crippen molar-refractivity contribution in [1.29, 1.82) is 0 Å². The first-order valence-corrected chi connectivity index (χ1v) is 7.47. The van der Waals surface area contributed by atoms with E-state index in [2.05, 4.69) is 27.9 Å². The lowest BCUT2D eigenvalue weighted by atomic mass is 10.1. The van der Waals surface area contributed by atoms with Crippen LogP contribution in [0.3, 0.4) is 0 Å². The fourth-order valence-corrected chi connectivity index (χ4v) is 2.43. The quantitative estimate of drug-likeness (QED) is 0.819. The van der Waals surface area contributed by atoms with Gasteiger partial charge in [-0.15, -0.1) is 0 Å². The number of amides is 1. The Morgan fingerprint density at radius 2 is 2.33 bits per heavy atom. The predicted molar refractivity (Wildman–Crippen MR) is 80.1 cm³/mol. The van der Waals surface area contributed by atoms with Crippen molar-refractivity contribution in [3.8, 4) is 0 Å². The zero-order chi connectivity index (χ0) is 13.0. The third-order valence-electron chi connectivity index (χ3n) is 2.95. The summed E-state index contributed by atoms with van der Waals surface area (Å²) in [5.74, 6) is -0.0949. The summed E-state index contributed by atoms with van der Waals surface area (Å²) in [6.07, 6.45) is 3.47. The van der Waals surface area contributed by atoms with E-state index in [0.717, 1.165) is 23.0 Å². The highest BCUT2D eigenvalue weighted by molar-refractivity contribution is 14.1. The lowest BCUT2D eigenvalue weighted by Crippen LogP contribution is -2.35. The molecule has 0 radical (unpaired) electrons. The summed E-state index contributed by atoms with van der Waals surface area (Å²) >= 11 is 8.13. The van der Waals surface area contributed by atoms with E-state index >= 15 is 0 Å². The molecule has 0 bridgehead atoms. The minimum atomic E-state index is -0.0949. The van der Waals surface area contributed by atoms with Crippen molar-refractivity contribution in [3.63, 3.8) is 0 Å². The zero-order valence-corrected chi connectivity index (χ0v) is 12.8. The second kappa shape index (κ2) is 6.73. The smallest absolute Gasteiger partial charge is 0.251 e. The maximum atomic E-state index is 11.9. The van der Waals surface area contributed by atoms with Crippen molar-refractivity contribution >= 4 is 40.1 Å². The number of hydrogen-bond acceptors (Lipinski definition) is 2. The average Bonchev–Trinajstić information content (AvgIpc) is 2.40. The van der Waals surface area contributed by atoms with Gasteiger partial charge in [-0.2, -0.15) is 0 Å². The van der Waals surface area contributed by atoms with Crippen LogP contribution in [-0.2, 0) is 4.74 Å². The lowest BCUT2D eigenvalue weighted by Gasteiger charge is -2.22. The Bertz CT molecular complexity index is 433. The third-order valence-corrected chi connectivity index (χ3v) is 4.52. The predicted octanol–water partition coefficient (Wildman–Crippen LogP) is 3.24. The number of halogens is 2. The Kier molecular flexibility index (Phi) is 5.26. The molecule has 0 spiro atoms. The highest BCUT2D eigenvalue weighted by Crippen LogP contribution is 2.19. The monoisotopic (exact) mass is 379 g/mol. The number of carbonyl (C=O) groups is 1. The molecule has 3 nitrogen and oxygen atoms in total. The van der Waals surface area contributed by atoms with Crippen LogP contribution in [0.4, 0.5) is 0 Å². The van der Waals surface area contributed by atoms with Crippen molar-refractivity contribution < 1.29 is 9.53 Å². The zero-order valence-electron chi connectivity index (χ0n) is 9.92. The largest absolute Gasteiger partial charge is 0.376 e. The Labute approximate surface area is 125 Å². The molecule has 1 saturated heterocycles. The van der Waals surface area contributed by atoms with Crippen LogP contribution < -0.4 is 5.32 Å². The SMILES string of the molecule is O=C(NCC1CCCCO1)c1ccc(I)c(Cl)c1. The fraction of sp³-hybridized carbons (Fsp3) is 0.462. The van der Waals surface area contributed by atoms with Crippen molar-refractivity contribution in [2.45, 2.75) is 25.4 Å². The van der Waals surface area contributed by atoms with E-state index in [0.29, 0.717) is 17.1 Å². The first kappa shape index (κ1) is 14.1. The minimum absolute atomic E-state index is 0.0949. The van der Waals surface area contributed by atoms with Crippen molar-refractivity contribution in [2.75, 3.05) is 13.2 Å². The summed E-state index contributed by atoms with van der Waals surface area (Å²) in [6.45, 7) is 1.37. The summed E-state index contributed by atoms with van der Waals surface area (Å²) in [5.41, 5.74) is 0.594. The van der Waals surface area contributed by atoms with Crippen LogP contribution in [0, 0.1) is 3.57 Å². The van der Waals surface area contributed by atoms with E-state index < -0.39 is 0 Å². The van der Waals surface area contributed by atoms with Gasteiger partial charge in [0, 0.05) is 22.3 Å². The van der Waals surface area contributed by atoms with E-state index in [1.165, 1.54) is 6.42 Å². The normalized spacial score (nSPS) is 19.6. The van der Waals surface area contributed by atoms with Crippen LogP contribution in [0.2, 0.25) is 5.02 Å². The molecule has 1 atom stereocenters. The van der Waals surface area contributed by atoms with Crippen LogP contribution in [0.1, 0.15) is 29.6 Å². The van der Waals surface area contributed by atoms with Gasteiger partial charge in [0.05, 0.1) is 11.1 Å². The van der Waals surface area contributed by atoms with E-state index in [-0.39, 0.29) is 12.0 Å². The summed E-state index contributed by atoms with van der Waals surface area (Å²) in [4.78, 5) is 11.9. The summed E-state index contributed by atoms with van der Waals surface area (Å²) in [5, 5.41) is 3.50. The topological polar surface area (TPSA) is 38.3 Å². The Morgan fingerprint density at radius 3 is 3.00 bits per heavy atom. The standard InChI is InChI=1S/C13H15ClINO2/c14-11-7-9(4-5-12(11)15)13(17)16-8-10-3-1-2-6-18-10/h4-5,7,10H,1-3,6,8H2,(H,16,17). The highest BCUT2D eigenvalue weighted by atomic mass is 127. The van der Waals surface area contributed by atoms with Gasteiger partial charge in [0.1, 0.15) is 0 Å². The molecule has 1 aromatic rings. The molecule has 18 heavy (non-hydrogen) atoms. The Morgan fingerprint density at radius 1 is 1.50 bits per heavy atom. The highest BCUT2D eigenvalue weighted by Gasteiger charge is 2.15. The number of hydrogen-bond donors (Lipinski definition) is 1. The van der Waals surface area contributed by atoms with Crippen LogP contribution in [-0.4, -0.2) is 25.2 Å². The van der Waals surface area contributed by atoms with Crippen LogP contribution >= 0.6 is 34.2 Å². The molecule has 1 aliphatic rings. The van der Waals surface area contributed by atoms with Gasteiger partial charge in [-0.25, -0.2) is 0 Å². The second-order valence-electron chi connectivity index (χ2n) is 4.33. The molecule has 1 unspecified atom stereocenters. The van der Waals surface area contributed by atoms with Crippen LogP contribution in [0.5, 0.6) is 0 Å². The van der Waals surface area contributed by atoms with Gasteiger partial charge in [0.25, 0.3) is 5.91 Å². The van der Waals surface area contributed by atoms with Crippen molar-refractivity contribution in [2.24, 2.45) is 0 Å². The second-order valence-corrected chi connectivity index (χ2v) is 5.90. The molecule has 2 rings (SSSR count). The van der Waals surface area contributed by atoms with Crippen LogP contribution in [0.15, 0.2) is 18.2 Å². The van der Waals surface area contributed by atoms with Gasteiger partial charge >= 0.3 is 0 Å². The van der Waals surface area contributed by atoms with E-state index in [9.17, 15) is 4.79 Å². The molecule has 1 heterocycles. The number of benzene rings is 1. The van der Waals surface area contributed by atoms with Crippen LogP contribution in [0.25, 0.3) is 0 Å². The van der Waals surface area contributed by atoms with E-state index in [1.807, 2.05) is 6.07 Å². The molecule has 1 aliphatic heterocycles. The molecule has 0 saturated carbocycles. The maximum absolute atomic E-state index is 11.9. The van der Waals surface area contributed by atoms with Crippen molar-refractivity contribution in [3.05, 3.63) is 32.4 Å². The van der Waals surface area contributed by atoms with Gasteiger partial charge < -0.3 is 10.1 Å². The number of carbonyl (C=O) groups excluding carboxylic acids is 1. The molecule has 1 fully saturated rings. The molecule has 1 amide bonds. The first-order chi connectivity index (χ1) is 8.66. The summed E-state index contributed by atoms with van der Waals surface area (Å²) in [6, 6.07) is 5.32. The molecule has 0 aliphatic carbocycles. The Hall–Kier alpha value is -0.330. The molecule has 1 N–H and O–H groups in total. The number of ether oxygens (including phenoxy) is 1. The van der Waals surface area contributed by atoms with Gasteiger partial charge in [-0.3, -0.25) is 4.79 Å². The number of nitrogens with one attached hydrogen (secondary N) is 1. The average molecular weight is 380 g/mol. The summed E-state index contributed by atoms with van der Waals surface area (Å²) in [7, 11) is 0. The number of rotatable bonds is 3. The third kappa shape index (κ3) is 3.83.